The number of benzene rings is 2. The van der Waals surface area contributed by atoms with Crippen LogP contribution in [0.2, 0.25) is 0 Å². The molecule has 146 valence electrons. The second-order valence-corrected chi connectivity index (χ2v) is 8.19. The molecule has 3 aromatic rings. The molecule has 0 unspecified atom stereocenters. The van der Waals surface area contributed by atoms with Gasteiger partial charge < -0.3 is 14.2 Å². The van der Waals surface area contributed by atoms with Gasteiger partial charge in [0.1, 0.15) is 5.75 Å². The minimum Gasteiger partial charge on any atom is -0.497 e. The monoisotopic (exact) mass is 397 g/mol. The summed E-state index contributed by atoms with van der Waals surface area (Å²) in [5, 5.41) is 4.41. The molecular weight excluding hydrogens is 374 g/mol. The highest BCUT2D eigenvalue weighted by Crippen LogP contribution is 2.27. The van der Waals surface area contributed by atoms with E-state index in [9.17, 15) is 4.79 Å². The molecule has 0 saturated heterocycles. The fourth-order valence-corrected chi connectivity index (χ4v) is 3.63. The lowest BCUT2D eigenvalue weighted by molar-refractivity contribution is 0.0766. The van der Waals surface area contributed by atoms with Crippen LogP contribution >= 0.6 is 11.8 Å². The smallest absolute Gasteiger partial charge is 0.255 e. The van der Waals surface area contributed by atoms with Gasteiger partial charge in [0.25, 0.3) is 5.91 Å². The van der Waals surface area contributed by atoms with Crippen LogP contribution in [0.3, 0.4) is 0 Å². The largest absolute Gasteiger partial charge is 0.497 e. The van der Waals surface area contributed by atoms with Crippen molar-refractivity contribution >= 4 is 17.7 Å². The molecule has 0 bridgehead atoms. The third-order valence-corrected chi connectivity index (χ3v) is 5.08. The molecule has 0 atom stereocenters. The number of hydrogen-bond donors (Lipinski definition) is 0. The molecule has 1 aromatic heterocycles. The summed E-state index contributed by atoms with van der Waals surface area (Å²) < 4.78 is 10.6. The van der Waals surface area contributed by atoms with E-state index in [0.717, 1.165) is 16.2 Å². The minimum absolute atomic E-state index is 0.0788. The molecule has 0 aliphatic rings. The van der Waals surface area contributed by atoms with Crippen molar-refractivity contribution in [1.29, 1.82) is 0 Å². The Labute approximate surface area is 168 Å². The lowest BCUT2D eigenvalue weighted by Gasteiger charge is -2.17. The van der Waals surface area contributed by atoms with Crippen LogP contribution in [-0.4, -0.2) is 40.4 Å². The number of amides is 1. The molecular formula is C21H23N3O3S. The number of carbonyl (C=O) groups is 1. The summed E-state index contributed by atoms with van der Waals surface area (Å²) in [5.74, 6) is 1.48. The van der Waals surface area contributed by atoms with Crippen molar-refractivity contribution in [2.75, 3.05) is 14.2 Å². The van der Waals surface area contributed by atoms with Gasteiger partial charge in [-0.15, -0.1) is 11.8 Å². The van der Waals surface area contributed by atoms with E-state index in [1.54, 1.807) is 30.8 Å². The van der Waals surface area contributed by atoms with Crippen molar-refractivity contribution in [2.24, 2.45) is 0 Å². The van der Waals surface area contributed by atoms with Gasteiger partial charge in [0.05, 0.1) is 19.2 Å². The predicted molar refractivity (Wildman–Crippen MR) is 110 cm³/mol. The van der Waals surface area contributed by atoms with E-state index < -0.39 is 0 Å². The van der Waals surface area contributed by atoms with Crippen LogP contribution in [0.5, 0.6) is 5.75 Å². The Bertz CT molecular complexity index is 955. The summed E-state index contributed by atoms with van der Waals surface area (Å²) in [6, 6.07) is 15.1. The first kappa shape index (κ1) is 19.9. The molecule has 7 heteroatoms. The highest BCUT2D eigenvalue weighted by molar-refractivity contribution is 8.00. The van der Waals surface area contributed by atoms with Crippen LogP contribution in [-0.2, 0) is 6.54 Å². The third-order valence-electron chi connectivity index (χ3n) is 4.00. The molecule has 2 aromatic carbocycles. The lowest BCUT2D eigenvalue weighted by atomic mass is 10.2. The summed E-state index contributed by atoms with van der Waals surface area (Å²) in [6.45, 7) is 4.44. The zero-order valence-electron chi connectivity index (χ0n) is 16.4. The quantitative estimate of drug-likeness (QED) is 0.546. The Balaban J connectivity index is 1.74. The second-order valence-electron chi connectivity index (χ2n) is 6.57. The average Bonchev–Trinajstić information content (AvgIpc) is 3.16. The maximum absolute atomic E-state index is 12.9. The lowest BCUT2D eigenvalue weighted by Crippen LogP contribution is -2.26. The van der Waals surface area contributed by atoms with Crippen molar-refractivity contribution in [3.8, 4) is 17.1 Å². The number of rotatable bonds is 7. The Morgan fingerprint density at radius 3 is 2.75 bits per heavy atom. The average molecular weight is 398 g/mol. The molecule has 0 spiro atoms. The van der Waals surface area contributed by atoms with Gasteiger partial charge in [0.2, 0.25) is 11.7 Å². The van der Waals surface area contributed by atoms with Gasteiger partial charge in [-0.05, 0) is 24.3 Å². The third kappa shape index (κ3) is 4.72. The van der Waals surface area contributed by atoms with E-state index in [1.807, 2.05) is 48.5 Å². The SMILES string of the molecule is COc1cccc(-c2noc(CN(C)C(=O)c3ccccc3SC(C)C)n2)c1. The van der Waals surface area contributed by atoms with Crippen molar-refractivity contribution in [1.82, 2.24) is 15.0 Å². The van der Waals surface area contributed by atoms with Gasteiger partial charge in [-0.2, -0.15) is 4.98 Å². The van der Waals surface area contributed by atoms with E-state index >= 15 is 0 Å². The molecule has 0 aliphatic heterocycles. The van der Waals surface area contributed by atoms with E-state index in [1.165, 1.54) is 0 Å². The predicted octanol–water partition coefficient (Wildman–Crippen LogP) is 4.52. The Hall–Kier alpha value is -2.80. The summed E-state index contributed by atoms with van der Waals surface area (Å²) in [5.41, 5.74) is 1.47. The normalized spacial score (nSPS) is 10.9. The second kappa shape index (κ2) is 8.93. The van der Waals surface area contributed by atoms with Crippen LogP contribution in [0, 0.1) is 0 Å². The summed E-state index contributed by atoms with van der Waals surface area (Å²) in [6.07, 6.45) is 0. The zero-order valence-corrected chi connectivity index (χ0v) is 17.2. The number of ether oxygens (including phenoxy) is 1. The molecule has 0 N–H and O–H groups in total. The van der Waals surface area contributed by atoms with E-state index in [4.69, 9.17) is 9.26 Å². The fourth-order valence-electron chi connectivity index (χ4n) is 2.68. The van der Waals surface area contributed by atoms with Crippen LogP contribution < -0.4 is 4.74 Å². The summed E-state index contributed by atoms with van der Waals surface area (Å²) in [4.78, 5) is 19.9. The highest BCUT2D eigenvalue weighted by atomic mass is 32.2. The Morgan fingerprint density at radius 1 is 1.21 bits per heavy atom. The van der Waals surface area contributed by atoms with Crippen LogP contribution in [0.15, 0.2) is 57.9 Å². The highest BCUT2D eigenvalue weighted by Gasteiger charge is 2.19. The maximum atomic E-state index is 12.9. The first-order valence-electron chi connectivity index (χ1n) is 8.96. The van der Waals surface area contributed by atoms with Gasteiger partial charge in [0, 0.05) is 22.8 Å². The molecule has 0 fully saturated rings. The molecule has 3 rings (SSSR count). The molecule has 6 nitrogen and oxygen atoms in total. The van der Waals surface area contributed by atoms with Crippen molar-refractivity contribution in [2.45, 2.75) is 30.5 Å². The number of carbonyl (C=O) groups excluding carboxylic acids is 1. The van der Waals surface area contributed by atoms with Crippen molar-refractivity contribution in [3.05, 3.63) is 60.0 Å². The number of aromatic nitrogens is 2. The number of nitrogens with zero attached hydrogens (tertiary/aromatic N) is 3. The number of methoxy groups -OCH3 is 1. The topological polar surface area (TPSA) is 68.5 Å². The van der Waals surface area contributed by atoms with Crippen molar-refractivity contribution < 1.29 is 14.1 Å². The summed E-state index contributed by atoms with van der Waals surface area (Å²) in [7, 11) is 3.34. The molecule has 0 saturated carbocycles. The van der Waals surface area contributed by atoms with Crippen LogP contribution in [0.4, 0.5) is 0 Å². The van der Waals surface area contributed by atoms with E-state index in [0.29, 0.717) is 22.5 Å². The van der Waals surface area contributed by atoms with Gasteiger partial charge in [0.15, 0.2) is 0 Å². The molecule has 1 heterocycles. The van der Waals surface area contributed by atoms with E-state index in [2.05, 4.69) is 24.0 Å². The fraction of sp³-hybridized carbons (Fsp3) is 0.286. The molecule has 28 heavy (non-hydrogen) atoms. The number of hydrogen-bond acceptors (Lipinski definition) is 6. The van der Waals surface area contributed by atoms with Gasteiger partial charge in [-0.1, -0.05) is 43.3 Å². The van der Waals surface area contributed by atoms with Crippen LogP contribution in [0.1, 0.15) is 30.1 Å². The first-order valence-corrected chi connectivity index (χ1v) is 9.84. The summed E-state index contributed by atoms with van der Waals surface area (Å²) >= 11 is 1.67. The van der Waals surface area contributed by atoms with E-state index in [-0.39, 0.29) is 12.5 Å². The standard InChI is InChI=1S/C21H23N3O3S/c1-14(2)28-18-11-6-5-10-17(18)21(25)24(3)13-19-22-20(23-27-19)15-8-7-9-16(12-15)26-4/h5-12,14H,13H2,1-4H3. The molecule has 0 radical (unpaired) electrons. The Kier molecular flexibility index (Phi) is 6.36. The minimum atomic E-state index is -0.0788. The molecule has 0 aliphatic carbocycles. The molecule has 1 amide bonds. The number of thioether (sulfide) groups is 1. The van der Waals surface area contributed by atoms with Gasteiger partial charge >= 0.3 is 0 Å². The van der Waals surface area contributed by atoms with Gasteiger partial charge in [-0.3, -0.25) is 4.79 Å². The Morgan fingerprint density at radius 2 is 2.00 bits per heavy atom. The van der Waals surface area contributed by atoms with Gasteiger partial charge in [-0.25, -0.2) is 0 Å². The zero-order chi connectivity index (χ0) is 20.1. The van der Waals surface area contributed by atoms with Crippen molar-refractivity contribution in [3.63, 3.8) is 0 Å². The maximum Gasteiger partial charge on any atom is 0.255 e. The first-order chi connectivity index (χ1) is 13.5. The van der Waals surface area contributed by atoms with Crippen LogP contribution in [0.25, 0.3) is 11.4 Å².